The molecule has 2 unspecified atom stereocenters. The standard InChI is InChI=1S/C33H38FN3O9Si/c1-18-31(47(4,5)34)26(12-13-38)46-33(18)24-14-23(37-28(42)16-30(37)45-20(3)40)10-11-25(24)35(32(33)43)17-21-6-8-22(9-7-21)36-27(41)15-29(36)44-19(2)39/h6-11,14,18,26,29-31,38H,12-13,15-17H2,1-5H3/t18-,26+,29?,30?,31-,33+/m0/s1. The molecule has 3 fully saturated rings. The van der Waals surface area contributed by atoms with Crippen LogP contribution < -0.4 is 14.7 Å². The number of amides is 3. The number of carbonyl (C=O) groups is 5. The summed E-state index contributed by atoms with van der Waals surface area (Å²) in [5.41, 5.74) is 0.510. The van der Waals surface area contributed by atoms with Crippen LogP contribution in [0.5, 0.6) is 0 Å². The van der Waals surface area contributed by atoms with Crippen LogP contribution in [0.1, 0.15) is 51.2 Å². The van der Waals surface area contributed by atoms with Crippen molar-refractivity contribution in [2.24, 2.45) is 5.92 Å². The second-order valence-electron chi connectivity index (χ2n) is 13.1. The lowest BCUT2D eigenvalue weighted by molar-refractivity contribution is -0.155. The fraction of sp³-hybridized carbons (Fsp3) is 0.485. The number of rotatable bonds is 9. The molecular weight excluding hydrogens is 629 g/mol. The smallest absolute Gasteiger partial charge is 0.304 e. The minimum atomic E-state index is -3.43. The topological polar surface area (TPSA) is 143 Å². The summed E-state index contributed by atoms with van der Waals surface area (Å²) in [5.74, 6) is -2.44. The maximum absolute atomic E-state index is 16.0. The zero-order valence-electron chi connectivity index (χ0n) is 26.9. The third-order valence-corrected chi connectivity index (χ3v) is 12.1. The van der Waals surface area contributed by atoms with E-state index in [1.165, 1.54) is 23.6 Å². The molecule has 6 rings (SSSR count). The van der Waals surface area contributed by atoms with Crippen molar-refractivity contribution in [3.63, 3.8) is 0 Å². The van der Waals surface area contributed by atoms with Gasteiger partial charge in [-0.2, -0.15) is 0 Å². The van der Waals surface area contributed by atoms with E-state index in [9.17, 15) is 29.1 Å². The molecule has 250 valence electrons. The van der Waals surface area contributed by atoms with Crippen LogP contribution in [0.2, 0.25) is 18.6 Å². The van der Waals surface area contributed by atoms with Gasteiger partial charge in [0.25, 0.3) is 5.91 Å². The number of esters is 2. The highest BCUT2D eigenvalue weighted by molar-refractivity contribution is 6.72. The molecule has 47 heavy (non-hydrogen) atoms. The molecule has 2 aromatic carbocycles. The van der Waals surface area contributed by atoms with Crippen molar-refractivity contribution < 1.29 is 47.4 Å². The van der Waals surface area contributed by atoms with Crippen molar-refractivity contribution in [1.82, 2.24) is 0 Å². The van der Waals surface area contributed by atoms with Crippen molar-refractivity contribution in [2.45, 2.75) is 89.4 Å². The highest BCUT2D eigenvalue weighted by Gasteiger charge is 2.66. The van der Waals surface area contributed by atoms with Gasteiger partial charge in [0, 0.05) is 48.9 Å². The van der Waals surface area contributed by atoms with Gasteiger partial charge >= 0.3 is 11.9 Å². The highest BCUT2D eigenvalue weighted by Crippen LogP contribution is 2.60. The van der Waals surface area contributed by atoms with Crippen LogP contribution in [0, 0.1) is 5.92 Å². The molecule has 1 spiro atoms. The minimum absolute atomic E-state index is 0.0305. The quantitative estimate of drug-likeness (QED) is 0.184. The SMILES string of the molecule is CC(=O)OC1CC(=O)N1c1ccc(CN2C(=O)[C@]3(O[C@H](CCO)[C@@H]([Si](C)(C)F)[C@@H]3C)c3cc(N4C(=O)CC4OC(C)=O)ccc32)cc1. The Labute approximate surface area is 272 Å². The van der Waals surface area contributed by atoms with E-state index in [2.05, 4.69) is 0 Å². The molecule has 0 aliphatic carbocycles. The maximum atomic E-state index is 16.0. The number of nitrogens with zero attached hydrogens (tertiary/aromatic N) is 3. The Balaban J connectivity index is 1.37. The van der Waals surface area contributed by atoms with E-state index in [1.54, 1.807) is 60.5 Å². The molecule has 4 heterocycles. The zero-order chi connectivity index (χ0) is 34.0. The van der Waals surface area contributed by atoms with Crippen LogP contribution in [0.25, 0.3) is 0 Å². The molecule has 0 bridgehead atoms. The largest absolute Gasteiger partial charge is 0.441 e. The van der Waals surface area contributed by atoms with Gasteiger partial charge < -0.3 is 28.3 Å². The maximum Gasteiger partial charge on any atom is 0.304 e. The fourth-order valence-electron chi connectivity index (χ4n) is 7.65. The van der Waals surface area contributed by atoms with Crippen molar-refractivity contribution in [3.05, 3.63) is 53.6 Å². The molecule has 12 nitrogen and oxygen atoms in total. The average Bonchev–Trinajstić information content (AvgIpc) is 3.39. The molecule has 2 aromatic rings. The van der Waals surface area contributed by atoms with Gasteiger partial charge in [-0.15, -0.1) is 0 Å². The van der Waals surface area contributed by atoms with Gasteiger partial charge in [0.15, 0.2) is 18.1 Å². The lowest BCUT2D eigenvalue weighted by Gasteiger charge is -2.39. The summed E-state index contributed by atoms with van der Waals surface area (Å²) in [6.45, 7) is 7.39. The van der Waals surface area contributed by atoms with Gasteiger partial charge in [0.05, 0.1) is 31.2 Å². The van der Waals surface area contributed by atoms with Crippen molar-refractivity contribution in [2.75, 3.05) is 21.3 Å². The van der Waals surface area contributed by atoms with Crippen LogP contribution in [0.15, 0.2) is 42.5 Å². The summed E-state index contributed by atoms with van der Waals surface area (Å²) < 4.78 is 33.1. The van der Waals surface area contributed by atoms with Crippen LogP contribution in [0.3, 0.4) is 0 Å². The number of fused-ring (bicyclic) bond motifs is 2. The number of hydrogen-bond donors (Lipinski definition) is 1. The predicted octanol–water partition coefficient (Wildman–Crippen LogP) is 3.64. The molecule has 1 N–H and O–H groups in total. The Bertz CT molecular complexity index is 1650. The first-order chi connectivity index (χ1) is 22.2. The van der Waals surface area contributed by atoms with E-state index in [-0.39, 0.29) is 50.1 Å². The second-order valence-corrected chi connectivity index (χ2v) is 16.9. The molecular formula is C33H38FN3O9Si. The fourth-order valence-corrected chi connectivity index (χ4v) is 10.2. The van der Waals surface area contributed by atoms with Gasteiger partial charge in [-0.1, -0.05) is 19.1 Å². The predicted molar refractivity (Wildman–Crippen MR) is 169 cm³/mol. The number of benzene rings is 2. The first-order valence-corrected chi connectivity index (χ1v) is 18.6. The molecule has 4 aliphatic heterocycles. The van der Waals surface area contributed by atoms with E-state index in [4.69, 9.17) is 14.2 Å². The number of aliphatic hydroxyl groups is 1. The van der Waals surface area contributed by atoms with Gasteiger partial charge in [0.2, 0.25) is 20.2 Å². The molecule has 0 saturated carbocycles. The Hall–Kier alpha value is -4.14. The van der Waals surface area contributed by atoms with E-state index in [0.717, 1.165) is 5.56 Å². The number of halogens is 1. The summed E-state index contributed by atoms with van der Waals surface area (Å²) in [7, 11) is -3.43. The number of hydrogen-bond acceptors (Lipinski definition) is 9. The monoisotopic (exact) mass is 667 g/mol. The van der Waals surface area contributed by atoms with Gasteiger partial charge in [-0.3, -0.25) is 33.8 Å². The average molecular weight is 668 g/mol. The molecule has 4 aliphatic rings. The number of anilines is 3. The lowest BCUT2D eigenvalue weighted by atomic mass is 9.82. The summed E-state index contributed by atoms with van der Waals surface area (Å²) in [4.78, 5) is 67.1. The summed E-state index contributed by atoms with van der Waals surface area (Å²) in [6.07, 6.45) is -1.88. The first kappa shape index (κ1) is 32.8. The Morgan fingerprint density at radius 3 is 2.02 bits per heavy atom. The normalized spacial score (nSPS) is 28.4. The lowest BCUT2D eigenvalue weighted by Crippen LogP contribution is -2.55. The number of ether oxygens (including phenoxy) is 3. The van der Waals surface area contributed by atoms with Crippen molar-refractivity contribution in [3.8, 4) is 0 Å². The summed E-state index contributed by atoms with van der Waals surface area (Å²) >= 11 is 0. The number of aliphatic hydroxyl groups excluding tert-OH is 1. The van der Waals surface area contributed by atoms with Crippen LogP contribution in [-0.4, -0.2) is 68.3 Å². The van der Waals surface area contributed by atoms with Crippen LogP contribution in [0.4, 0.5) is 21.2 Å². The summed E-state index contributed by atoms with van der Waals surface area (Å²) in [5, 5.41) is 9.86. The van der Waals surface area contributed by atoms with Gasteiger partial charge in [-0.05, 0) is 55.4 Å². The first-order valence-electron chi connectivity index (χ1n) is 15.7. The third-order valence-electron chi connectivity index (χ3n) is 9.61. The Kier molecular flexibility index (Phi) is 8.25. The van der Waals surface area contributed by atoms with Crippen molar-refractivity contribution >= 4 is 55.1 Å². The minimum Gasteiger partial charge on any atom is -0.441 e. The number of carbonyl (C=O) groups excluding carboxylic acids is 5. The van der Waals surface area contributed by atoms with E-state index in [0.29, 0.717) is 22.6 Å². The summed E-state index contributed by atoms with van der Waals surface area (Å²) in [6, 6.07) is 12.1. The van der Waals surface area contributed by atoms with Gasteiger partial charge in [0.1, 0.15) is 0 Å². The molecule has 0 radical (unpaired) electrons. The molecule has 0 aromatic heterocycles. The van der Waals surface area contributed by atoms with E-state index in [1.807, 2.05) is 6.92 Å². The molecule has 3 saturated heterocycles. The Morgan fingerprint density at radius 2 is 1.51 bits per heavy atom. The zero-order valence-corrected chi connectivity index (χ0v) is 27.9. The van der Waals surface area contributed by atoms with Crippen LogP contribution >= 0.6 is 0 Å². The molecule has 3 amide bonds. The van der Waals surface area contributed by atoms with Crippen molar-refractivity contribution in [1.29, 1.82) is 0 Å². The highest BCUT2D eigenvalue weighted by atomic mass is 28.4. The third kappa shape index (κ3) is 5.41. The van der Waals surface area contributed by atoms with E-state index < -0.39 is 56.0 Å². The Morgan fingerprint density at radius 1 is 0.957 bits per heavy atom. The van der Waals surface area contributed by atoms with Gasteiger partial charge in [-0.25, -0.2) is 0 Å². The number of β-lactam (4-membered cyclic amide) rings is 2. The molecule has 14 heteroatoms. The second kappa shape index (κ2) is 11.8. The van der Waals surface area contributed by atoms with E-state index >= 15 is 4.11 Å². The van der Waals surface area contributed by atoms with Crippen LogP contribution in [-0.2, 0) is 50.3 Å². The molecule has 6 atom stereocenters.